The Labute approximate surface area is 133 Å². The summed E-state index contributed by atoms with van der Waals surface area (Å²) in [5, 5.41) is 0. The second-order valence-electron chi connectivity index (χ2n) is 6.84. The van der Waals surface area contributed by atoms with E-state index in [0.29, 0.717) is 12.2 Å². The van der Waals surface area contributed by atoms with E-state index in [1.807, 2.05) is 0 Å². The predicted molar refractivity (Wildman–Crippen MR) is 90.8 cm³/mol. The SMILES string of the molecule is c1ccc(-c2ccc(C[C@@H]3C[C@H]4CCCC[C@H]4O3)cc2)cc1. The molecular formula is C21H24O. The Hall–Kier alpha value is -1.60. The quantitative estimate of drug-likeness (QED) is 0.751. The van der Waals surface area contributed by atoms with Crippen LogP contribution in [0.4, 0.5) is 0 Å². The zero-order valence-electron chi connectivity index (χ0n) is 13.1. The van der Waals surface area contributed by atoms with Crippen molar-refractivity contribution >= 4 is 0 Å². The van der Waals surface area contributed by atoms with Crippen LogP contribution in [0.2, 0.25) is 0 Å². The molecule has 1 heterocycles. The Morgan fingerprint density at radius 2 is 1.55 bits per heavy atom. The highest BCUT2D eigenvalue weighted by Gasteiger charge is 2.36. The Morgan fingerprint density at radius 1 is 0.818 bits per heavy atom. The van der Waals surface area contributed by atoms with Gasteiger partial charge < -0.3 is 4.74 Å². The first-order chi connectivity index (χ1) is 10.9. The molecule has 1 aliphatic heterocycles. The van der Waals surface area contributed by atoms with Gasteiger partial charge in [0.25, 0.3) is 0 Å². The van der Waals surface area contributed by atoms with E-state index >= 15 is 0 Å². The Bertz CT molecular complexity index is 588. The number of ether oxygens (including phenoxy) is 1. The fraction of sp³-hybridized carbons (Fsp3) is 0.429. The highest BCUT2D eigenvalue weighted by Crippen LogP contribution is 2.38. The Balaban J connectivity index is 1.41. The fourth-order valence-corrected chi connectivity index (χ4v) is 4.12. The summed E-state index contributed by atoms with van der Waals surface area (Å²) < 4.78 is 6.28. The average molecular weight is 292 g/mol. The maximum atomic E-state index is 6.28. The van der Waals surface area contributed by atoms with Crippen molar-refractivity contribution in [1.82, 2.24) is 0 Å². The van der Waals surface area contributed by atoms with Crippen molar-refractivity contribution in [3.05, 3.63) is 60.2 Å². The van der Waals surface area contributed by atoms with Crippen LogP contribution >= 0.6 is 0 Å². The van der Waals surface area contributed by atoms with E-state index in [2.05, 4.69) is 54.6 Å². The third-order valence-corrected chi connectivity index (χ3v) is 5.30. The second-order valence-corrected chi connectivity index (χ2v) is 6.84. The summed E-state index contributed by atoms with van der Waals surface area (Å²) in [6.45, 7) is 0. The number of fused-ring (bicyclic) bond motifs is 1. The van der Waals surface area contributed by atoms with E-state index in [9.17, 15) is 0 Å². The van der Waals surface area contributed by atoms with Crippen molar-refractivity contribution in [3.8, 4) is 11.1 Å². The number of hydrogen-bond acceptors (Lipinski definition) is 1. The monoisotopic (exact) mass is 292 g/mol. The minimum absolute atomic E-state index is 0.440. The molecule has 2 fully saturated rings. The molecule has 1 saturated carbocycles. The van der Waals surface area contributed by atoms with Crippen LogP contribution in [0.3, 0.4) is 0 Å². The first kappa shape index (κ1) is 14.0. The van der Waals surface area contributed by atoms with Crippen molar-refractivity contribution < 1.29 is 4.74 Å². The van der Waals surface area contributed by atoms with E-state index < -0.39 is 0 Å². The average Bonchev–Trinajstić information content (AvgIpc) is 2.98. The van der Waals surface area contributed by atoms with E-state index in [-0.39, 0.29) is 0 Å². The van der Waals surface area contributed by atoms with E-state index in [0.717, 1.165) is 12.3 Å². The molecule has 0 unspecified atom stereocenters. The van der Waals surface area contributed by atoms with Gasteiger partial charge in [-0.15, -0.1) is 0 Å². The largest absolute Gasteiger partial charge is 0.374 e. The number of rotatable bonds is 3. The molecule has 0 bridgehead atoms. The number of benzene rings is 2. The van der Waals surface area contributed by atoms with Gasteiger partial charge in [0.05, 0.1) is 12.2 Å². The lowest BCUT2D eigenvalue weighted by atomic mass is 9.85. The Kier molecular flexibility index (Phi) is 3.99. The van der Waals surface area contributed by atoms with Crippen molar-refractivity contribution in [2.45, 2.75) is 50.7 Å². The van der Waals surface area contributed by atoms with Crippen LogP contribution in [0.1, 0.15) is 37.7 Å². The third kappa shape index (κ3) is 2.96. The van der Waals surface area contributed by atoms with Gasteiger partial charge in [-0.2, -0.15) is 0 Å². The van der Waals surface area contributed by atoms with Crippen LogP contribution in [0.15, 0.2) is 54.6 Å². The van der Waals surface area contributed by atoms with Crippen molar-refractivity contribution in [2.75, 3.05) is 0 Å². The van der Waals surface area contributed by atoms with Gasteiger partial charge in [-0.3, -0.25) is 0 Å². The molecule has 114 valence electrons. The smallest absolute Gasteiger partial charge is 0.0622 e. The van der Waals surface area contributed by atoms with Gasteiger partial charge in [0.1, 0.15) is 0 Å². The summed E-state index contributed by atoms with van der Waals surface area (Å²) in [4.78, 5) is 0. The molecule has 1 aliphatic carbocycles. The first-order valence-corrected chi connectivity index (χ1v) is 8.68. The number of hydrogen-bond donors (Lipinski definition) is 0. The second kappa shape index (κ2) is 6.26. The maximum absolute atomic E-state index is 6.28. The van der Waals surface area contributed by atoms with Crippen molar-refractivity contribution in [1.29, 1.82) is 0 Å². The van der Waals surface area contributed by atoms with Gasteiger partial charge in [0.15, 0.2) is 0 Å². The summed E-state index contributed by atoms with van der Waals surface area (Å²) in [5.41, 5.74) is 3.99. The molecule has 2 aromatic rings. The molecule has 1 saturated heterocycles. The van der Waals surface area contributed by atoms with Crippen LogP contribution in [0.25, 0.3) is 11.1 Å². The standard InChI is InChI=1S/C21H24O/c1-2-6-17(7-3-1)18-12-10-16(11-13-18)14-20-15-19-8-4-5-9-21(19)22-20/h1-3,6-7,10-13,19-21H,4-5,8-9,14-15H2/t19-,20-,21-/m1/s1. The topological polar surface area (TPSA) is 9.23 Å². The molecule has 4 rings (SSSR count). The molecule has 2 aromatic carbocycles. The van der Waals surface area contributed by atoms with Gasteiger partial charge in [-0.25, -0.2) is 0 Å². The lowest BCUT2D eigenvalue weighted by Gasteiger charge is -2.23. The summed E-state index contributed by atoms with van der Waals surface area (Å²) in [6, 6.07) is 19.6. The zero-order valence-corrected chi connectivity index (χ0v) is 13.1. The third-order valence-electron chi connectivity index (χ3n) is 5.30. The van der Waals surface area contributed by atoms with Gasteiger partial charge in [0.2, 0.25) is 0 Å². The summed E-state index contributed by atoms with van der Waals surface area (Å²) in [5.74, 6) is 0.836. The highest BCUT2D eigenvalue weighted by atomic mass is 16.5. The normalized spacial score (nSPS) is 27.5. The first-order valence-electron chi connectivity index (χ1n) is 8.68. The summed E-state index contributed by atoms with van der Waals surface area (Å²) in [6.07, 6.45) is 8.77. The molecular weight excluding hydrogens is 268 g/mol. The van der Waals surface area contributed by atoms with E-state index in [1.165, 1.54) is 48.8 Å². The van der Waals surface area contributed by atoms with Gasteiger partial charge in [0, 0.05) is 0 Å². The molecule has 0 amide bonds. The highest BCUT2D eigenvalue weighted by molar-refractivity contribution is 5.63. The van der Waals surface area contributed by atoms with Gasteiger partial charge >= 0.3 is 0 Å². The molecule has 0 aromatic heterocycles. The van der Waals surface area contributed by atoms with Crippen molar-refractivity contribution in [3.63, 3.8) is 0 Å². The van der Waals surface area contributed by atoms with Gasteiger partial charge in [-0.05, 0) is 48.3 Å². The molecule has 22 heavy (non-hydrogen) atoms. The van der Waals surface area contributed by atoms with Crippen LogP contribution in [0.5, 0.6) is 0 Å². The molecule has 1 heteroatoms. The van der Waals surface area contributed by atoms with Crippen LogP contribution in [-0.2, 0) is 11.2 Å². The minimum atomic E-state index is 0.440. The van der Waals surface area contributed by atoms with Crippen LogP contribution in [0, 0.1) is 5.92 Å². The summed E-state index contributed by atoms with van der Waals surface area (Å²) in [7, 11) is 0. The molecule has 3 atom stereocenters. The lowest BCUT2D eigenvalue weighted by Crippen LogP contribution is -2.20. The summed E-state index contributed by atoms with van der Waals surface area (Å²) >= 11 is 0. The minimum Gasteiger partial charge on any atom is -0.374 e. The molecule has 0 radical (unpaired) electrons. The fourth-order valence-electron chi connectivity index (χ4n) is 4.12. The molecule has 2 aliphatic rings. The van der Waals surface area contributed by atoms with Crippen molar-refractivity contribution in [2.24, 2.45) is 5.92 Å². The molecule has 1 nitrogen and oxygen atoms in total. The van der Waals surface area contributed by atoms with Crippen LogP contribution in [-0.4, -0.2) is 12.2 Å². The van der Waals surface area contributed by atoms with Gasteiger partial charge in [-0.1, -0.05) is 67.4 Å². The van der Waals surface area contributed by atoms with E-state index in [1.54, 1.807) is 0 Å². The predicted octanol–water partition coefficient (Wildman–Crippen LogP) is 5.24. The molecule has 0 spiro atoms. The molecule has 0 N–H and O–H groups in total. The van der Waals surface area contributed by atoms with E-state index in [4.69, 9.17) is 4.74 Å². The lowest BCUT2D eigenvalue weighted by molar-refractivity contribution is 0.0195. The Morgan fingerprint density at radius 3 is 2.32 bits per heavy atom. The zero-order chi connectivity index (χ0) is 14.8. The van der Waals surface area contributed by atoms with Crippen LogP contribution < -0.4 is 0 Å². The maximum Gasteiger partial charge on any atom is 0.0622 e.